The molecule has 0 saturated heterocycles. The second-order valence-corrected chi connectivity index (χ2v) is 10.1. The highest BCUT2D eigenvalue weighted by Crippen LogP contribution is 2.34. The molecule has 7 nitrogen and oxygen atoms in total. The van der Waals surface area contributed by atoms with Gasteiger partial charge in [0.15, 0.2) is 9.84 Å². The van der Waals surface area contributed by atoms with Gasteiger partial charge < -0.3 is 14.8 Å². The zero-order valence-electron chi connectivity index (χ0n) is 18.1. The minimum atomic E-state index is -4.49. The molecule has 1 aromatic heterocycles. The molecule has 0 saturated carbocycles. The Morgan fingerprint density at radius 1 is 1.09 bits per heavy atom. The van der Waals surface area contributed by atoms with Crippen molar-refractivity contribution in [1.82, 2.24) is 4.57 Å². The van der Waals surface area contributed by atoms with Crippen molar-refractivity contribution in [2.24, 2.45) is 0 Å². The van der Waals surface area contributed by atoms with Gasteiger partial charge in [-0.25, -0.2) is 8.42 Å². The van der Waals surface area contributed by atoms with Gasteiger partial charge in [-0.1, -0.05) is 6.07 Å². The summed E-state index contributed by atoms with van der Waals surface area (Å²) in [4.78, 5) is 27.4. The summed E-state index contributed by atoms with van der Waals surface area (Å²) in [5.74, 6) is -1.09. The average Bonchev–Trinajstić information content (AvgIpc) is 3.20. The molecular weight excluding hydrogens is 471 g/mol. The predicted octanol–water partition coefficient (Wildman–Crippen LogP) is 4.38. The van der Waals surface area contributed by atoms with Gasteiger partial charge in [-0.2, -0.15) is 13.2 Å². The van der Waals surface area contributed by atoms with Crippen molar-refractivity contribution in [3.8, 4) is 0 Å². The zero-order valence-corrected chi connectivity index (χ0v) is 18.9. The first-order valence-electron chi connectivity index (χ1n) is 10.2. The summed E-state index contributed by atoms with van der Waals surface area (Å²) >= 11 is 0. The lowest BCUT2D eigenvalue weighted by molar-refractivity contribution is -0.137. The molecule has 0 bridgehead atoms. The molecule has 11 heteroatoms. The van der Waals surface area contributed by atoms with Crippen molar-refractivity contribution in [2.75, 3.05) is 23.0 Å². The molecule has 2 amide bonds. The van der Waals surface area contributed by atoms with Crippen LogP contribution in [0.5, 0.6) is 0 Å². The first-order valence-corrected chi connectivity index (χ1v) is 12.1. The number of hydrogen-bond donors (Lipinski definition) is 1. The van der Waals surface area contributed by atoms with Crippen LogP contribution in [0.2, 0.25) is 0 Å². The third kappa shape index (κ3) is 4.43. The van der Waals surface area contributed by atoms with E-state index in [0.29, 0.717) is 5.69 Å². The molecule has 3 aromatic rings. The molecule has 1 atom stereocenters. The lowest BCUT2D eigenvalue weighted by Gasteiger charge is -2.33. The fourth-order valence-corrected chi connectivity index (χ4v) is 4.49. The number of amides is 2. The minimum Gasteiger partial charge on any atom is -0.337 e. The van der Waals surface area contributed by atoms with E-state index in [9.17, 15) is 31.2 Å². The Kier molecular flexibility index (Phi) is 5.76. The van der Waals surface area contributed by atoms with Crippen molar-refractivity contribution >= 4 is 33.0 Å². The second-order valence-electron chi connectivity index (χ2n) is 8.05. The highest BCUT2D eigenvalue weighted by molar-refractivity contribution is 7.90. The number of nitrogens with zero attached hydrogens (tertiary/aromatic N) is 2. The monoisotopic (exact) mass is 491 g/mol. The first kappa shape index (κ1) is 23.6. The Labute approximate surface area is 193 Å². The number of rotatable bonds is 4. The summed E-state index contributed by atoms with van der Waals surface area (Å²) in [5, 5.41) is 2.65. The van der Waals surface area contributed by atoms with Gasteiger partial charge in [-0.05, 0) is 55.5 Å². The molecule has 1 N–H and O–H groups in total. The first-order chi connectivity index (χ1) is 15.9. The van der Waals surface area contributed by atoms with Crippen molar-refractivity contribution in [3.05, 3.63) is 77.6 Å². The smallest absolute Gasteiger partial charge is 0.337 e. The van der Waals surface area contributed by atoms with E-state index in [4.69, 9.17) is 0 Å². The Morgan fingerprint density at radius 3 is 2.38 bits per heavy atom. The van der Waals surface area contributed by atoms with E-state index in [1.807, 2.05) is 6.92 Å². The fraction of sp³-hybridized carbons (Fsp3) is 0.217. The number of aromatic nitrogens is 1. The van der Waals surface area contributed by atoms with E-state index in [-0.39, 0.29) is 34.4 Å². The maximum atomic E-state index is 13.3. The molecule has 1 aliphatic rings. The highest BCUT2D eigenvalue weighted by Gasteiger charge is 2.34. The van der Waals surface area contributed by atoms with Gasteiger partial charge in [0, 0.05) is 36.3 Å². The lowest BCUT2D eigenvalue weighted by atomic mass is 10.1. The number of alkyl halides is 3. The fourth-order valence-electron chi connectivity index (χ4n) is 3.82. The van der Waals surface area contributed by atoms with Gasteiger partial charge in [-0.3, -0.25) is 9.59 Å². The van der Waals surface area contributed by atoms with Crippen LogP contribution in [-0.2, 0) is 16.0 Å². The second kappa shape index (κ2) is 8.32. The van der Waals surface area contributed by atoms with Crippen LogP contribution in [0.25, 0.3) is 0 Å². The van der Waals surface area contributed by atoms with Crippen molar-refractivity contribution in [2.45, 2.75) is 24.0 Å². The van der Waals surface area contributed by atoms with Crippen molar-refractivity contribution in [1.29, 1.82) is 0 Å². The average molecular weight is 491 g/mol. The topological polar surface area (TPSA) is 88.5 Å². The van der Waals surface area contributed by atoms with Gasteiger partial charge in [0.05, 0.1) is 16.1 Å². The van der Waals surface area contributed by atoms with E-state index in [0.717, 1.165) is 18.4 Å². The number of sulfone groups is 1. The van der Waals surface area contributed by atoms with E-state index < -0.39 is 33.4 Å². The number of hydrogen-bond acceptors (Lipinski definition) is 4. The van der Waals surface area contributed by atoms with Crippen LogP contribution in [-0.4, -0.2) is 37.6 Å². The Balaban J connectivity index is 1.63. The largest absolute Gasteiger partial charge is 0.416 e. The SMILES string of the molecule is C[C@H]1CN(c2ccc(C(F)(F)F)cc2)C(=O)c2c(NC(=O)c3cccc(S(C)(=O)=O)c3)ccn21. The van der Waals surface area contributed by atoms with Crippen LogP contribution in [0.3, 0.4) is 0 Å². The number of benzene rings is 2. The van der Waals surface area contributed by atoms with Crippen molar-refractivity contribution in [3.63, 3.8) is 0 Å². The zero-order chi connectivity index (χ0) is 24.8. The van der Waals surface area contributed by atoms with Gasteiger partial charge in [0.2, 0.25) is 0 Å². The molecule has 1 aliphatic heterocycles. The maximum Gasteiger partial charge on any atom is 0.416 e. The number of halogens is 3. The molecule has 0 radical (unpaired) electrons. The molecule has 0 fully saturated rings. The summed E-state index contributed by atoms with van der Waals surface area (Å²) in [6.45, 7) is 2.07. The summed E-state index contributed by atoms with van der Waals surface area (Å²) in [7, 11) is -3.52. The van der Waals surface area contributed by atoms with E-state index in [2.05, 4.69) is 5.32 Å². The highest BCUT2D eigenvalue weighted by atomic mass is 32.2. The van der Waals surface area contributed by atoms with Crippen LogP contribution >= 0.6 is 0 Å². The predicted molar refractivity (Wildman–Crippen MR) is 120 cm³/mol. The molecule has 2 aromatic carbocycles. The Hall–Kier alpha value is -3.60. The minimum absolute atomic E-state index is 0.0164. The van der Waals surface area contributed by atoms with Gasteiger partial charge in [-0.15, -0.1) is 0 Å². The van der Waals surface area contributed by atoms with E-state index in [1.165, 1.54) is 41.3 Å². The Morgan fingerprint density at radius 2 is 1.76 bits per heavy atom. The summed E-state index contributed by atoms with van der Waals surface area (Å²) in [6, 6.07) is 11.2. The van der Waals surface area contributed by atoms with Gasteiger partial charge in [0.1, 0.15) is 5.69 Å². The van der Waals surface area contributed by atoms with Crippen LogP contribution in [0.4, 0.5) is 24.5 Å². The molecule has 4 rings (SSSR count). The van der Waals surface area contributed by atoms with E-state index in [1.54, 1.807) is 16.8 Å². The van der Waals surface area contributed by atoms with Crippen LogP contribution in [0.1, 0.15) is 39.4 Å². The number of fused-ring (bicyclic) bond motifs is 1. The summed E-state index contributed by atoms with van der Waals surface area (Å²) < 4.78 is 64.0. The van der Waals surface area contributed by atoms with Gasteiger partial charge in [0.25, 0.3) is 11.8 Å². The van der Waals surface area contributed by atoms with Crippen LogP contribution in [0.15, 0.2) is 65.7 Å². The molecule has 0 unspecified atom stereocenters. The third-order valence-electron chi connectivity index (χ3n) is 5.56. The van der Waals surface area contributed by atoms with Gasteiger partial charge >= 0.3 is 6.18 Å². The quantitative estimate of drug-likeness (QED) is 0.587. The molecule has 0 aliphatic carbocycles. The number of carbonyl (C=O) groups excluding carboxylic acids is 2. The Bertz CT molecular complexity index is 1380. The van der Waals surface area contributed by atoms with Crippen LogP contribution < -0.4 is 10.2 Å². The molecule has 178 valence electrons. The number of carbonyl (C=O) groups is 2. The summed E-state index contributed by atoms with van der Waals surface area (Å²) in [5.41, 5.74) is -0.0369. The van der Waals surface area contributed by atoms with E-state index >= 15 is 0 Å². The van der Waals surface area contributed by atoms with Crippen molar-refractivity contribution < 1.29 is 31.2 Å². The molecule has 34 heavy (non-hydrogen) atoms. The molecular formula is C23H20F3N3O4S. The maximum absolute atomic E-state index is 13.3. The molecule has 2 heterocycles. The normalized spacial score (nSPS) is 16.3. The molecule has 0 spiro atoms. The summed E-state index contributed by atoms with van der Waals surface area (Å²) in [6.07, 6.45) is -1.81. The number of nitrogens with one attached hydrogen (secondary N) is 1. The van der Waals surface area contributed by atoms with Crippen LogP contribution in [0, 0.1) is 0 Å². The lowest BCUT2D eigenvalue weighted by Crippen LogP contribution is -2.42. The number of anilines is 2. The standard InChI is InChI=1S/C23H20F3N3O4S/c1-14-13-29(17-8-6-16(7-9-17)23(24,25)26)22(31)20-19(10-11-28(14)20)27-21(30)15-4-3-5-18(12-15)34(2,32)33/h3-12,14H,13H2,1-2H3,(H,27,30)/t14-/m0/s1. The third-order valence-corrected chi connectivity index (χ3v) is 6.67.